The number of aliphatic hydroxyl groups is 1. The van der Waals surface area contributed by atoms with Gasteiger partial charge < -0.3 is 9.59 Å². The van der Waals surface area contributed by atoms with E-state index < -0.39 is 94.3 Å². The average Bonchev–Trinajstić information content (AvgIpc) is 2.84. The van der Waals surface area contributed by atoms with E-state index >= 15 is 0 Å². The minimum absolute atomic E-state index is 0.158. The van der Waals surface area contributed by atoms with Gasteiger partial charge in [-0.3, -0.25) is 0 Å². The average molecular weight is 779 g/mol. The normalized spacial score (nSPS) is 16.6. The largest absolute Gasteiger partial charge is 0.460 e. The van der Waals surface area contributed by atoms with E-state index in [-0.39, 0.29) is 17.6 Å². The summed E-state index contributed by atoms with van der Waals surface area (Å²) in [6.45, 7) is -2.63. The lowest BCUT2D eigenvalue weighted by molar-refractivity contribution is -0.890. The molecule has 0 aliphatic heterocycles. The monoisotopic (exact) mass is 779 g/mol. The number of nitrogens with zero attached hydrogens (tertiary/aromatic N) is 1. The van der Waals surface area contributed by atoms with Crippen molar-refractivity contribution in [2.45, 2.75) is 71.2 Å². The van der Waals surface area contributed by atoms with Crippen LogP contribution in [-0.2, 0) is 10.0 Å². The van der Waals surface area contributed by atoms with Crippen LogP contribution in [0.5, 0.6) is 0 Å². The van der Waals surface area contributed by atoms with Gasteiger partial charge in [-0.25, -0.2) is 13.1 Å². The van der Waals surface area contributed by atoms with Crippen LogP contribution in [0.3, 0.4) is 0 Å². The number of hydrogen-bond acceptors (Lipinski definition) is 3. The maximum absolute atomic E-state index is 14.1. The fourth-order valence-corrected chi connectivity index (χ4v) is 4.16. The van der Waals surface area contributed by atoms with Gasteiger partial charge in [-0.1, -0.05) is 0 Å². The number of aliphatic hydroxyl groups excluding tert-OH is 1. The molecule has 0 fully saturated rings. The van der Waals surface area contributed by atoms with Crippen LogP contribution in [0.15, 0.2) is 0 Å². The summed E-state index contributed by atoms with van der Waals surface area (Å²) in [5, 5.41) is 0.916. The van der Waals surface area contributed by atoms with Crippen molar-refractivity contribution in [1.82, 2.24) is 4.72 Å². The molecule has 0 saturated heterocycles. The minimum atomic E-state index is -9.57. The molecule has 0 rings (SSSR count). The molecule has 47 heavy (non-hydrogen) atoms. The van der Waals surface area contributed by atoms with E-state index in [1.165, 1.54) is 14.1 Å². The Hall–Kier alpha value is -1.78. The smallest absolute Gasteiger partial charge is 0.391 e. The molecule has 0 amide bonds. The second-order valence-electron chi connectivity index (χ2n) is 10.0. The minimum Gasteiger partial charge on any atom is -0.391 e. The highest BCUT2D eigenvalue weighted by Gasteiger charge is 2.99. The predicted octanol–water partition coefficient (Wildman–Crippen LogP) is 6.24. The van der Waals surface area contributed by atoms with Crippen LogP contribution in [0.1, 0.15) is 6.42 Å². The molecule has 0 saturated carbocycles. The van der Waals surface area contributed by atoms with Crippen molar-refractivity contribution in [2.75, 3.05) is 40.3 Å². The Balaban J connectivity index is 6.96. The van der Waals surface area contributed by atoms with Gasteiger partial charge in [0.2, 0.25) is 0 Å². The van der Waals surface area contributed by atoms with E-state index in [1.807, 2.05) is 0 Å². The molecule has 284 valence electrons. The van der Waals surface area contributed by atoms with Gasteiger partial charge in [0.05, 0.1) is 27.2 Å². The number of halogens is 23. The van der Waals surface area contributed by atoms with Crippen molar-refractivity contribution in [1.29, 1.82) is 0 Å². The van der Waals surface area contributed by atoms with Gasteiger partial charge in [-0.15, -0.1) is 0 Å². The zero-order valence-electron chi connectivity index (χ0n) is 22.3. The molecule has 0 aliphatic rings. The van der Waals surface area contributed by atoms with Crippen molar-refractivity contribution in [2.24, 2.45) is 0 Å². The zero-order chi connectivity index (χ0) is 38.7. The number of nitrogens with one attached hydrogen (secondary N) is 1. The number of quaternary nitrogens is 1. The highest BCUT2D eigenvalue weighted by atomic mass is 32.2. The van der Waals surface area contributed by atoms with E-state index in [0.29, 0.717) is 4.72 Å². The topological polar surface area (TPSA) is 66.4 Å². The van der Waals surface area contributed by atoms with Gasteiger partial charge in [-0.05, 0) is 0 Å². The van der Waals surface area contributed by atoms with Crippen LogP contribution >= 0.6 is 0 Å². The summed E-state index contributed by atoms with van der Waals surface area (Å²) in [7, 11) is -5.05. The van der Waals surface area contributed by atoms with E-state index in [9.17, 15) is 109 Å². The second-order valence-corrected chi connectivity index (χ2v) is 11.9. The molecular weight excluding hydrogens is 761 g/mol. The number of sulfonamides is 1. The number of alkyl halides is 23. The Bertz CT molecular complexity index is 1210. The van der Waals surface area contributed by atoms with E-state index in [0.717, 1.165) is 0 Å². The second kappa shape index (κ2) is 12.2. The summed E-state index contributed by atoms with van der Waals surface area (Å²) in [4.78, 5) is 0. The third-order valence-corrected chi connectivity index (χ3v) is 7.67. The first-order chi connectivity index (χ1) is 20.0. The third-order valence-electron chi connectivity index (χ3n) is 6.15. The molecule has 0 aromatic carbocycles. The van der Waals surface area contributed by atoms with Crippen molar-refractivity contribution < 1.29 is 119 Å². The lowest BCUT2D eigenvalue weighted by atomic mass is 9.86. The molecule has 0 aromatic rings. The quantitative estimate of drug-likeness (QED) is 0.105. The SMILES string of the molecule is C[N+](C)(CCO)CCCNS(=O)(=O)C(F)(F)C(F)(F)C(F)(F)C(F)(F)C(F)(F)C(F)(F)C(F)(F)C(F)(F)C(F)(F)C(F)(F)C(F)(F)F. The van der Waals surface area contributed by atoms with Gasteiger partial charge in [0, 0.05) is 13.0 Å². The highest BCUT2D eigenvalue weighted by molar-refractivity contribution is 7.90. The molecule has 0 atom stereocenters. The van der Waals surface area contributed by atoms with Crippen molar-refractivity contribution in [3.8, 4) is 0 Å². The molecule has 0 unspecified atom stereocenters. The number of rotatable bonds is 17. The molecule has 0 bridgehead atoms. The van der Waals surface area contributed by atoms with Crippen LogP contribution in [0.4, 0.5) is 101 Å². The Morgan fingerprint density at radius 1 is 0.489 bits per heavy atom. The number of hydrogen-bond donors (Lipinski definition) is 2. The van der Waals surface area contributed by atoms with Crippen LogP contribution in [-0.4, -0.2) is 123 Å². The lowest BCUT2D eigenvalue weighted by Crippen LogP contribution is -2.78. The molecule has 0 aliphatic carbocycles. The summed E-state index contributed by atoms with van der Waals surface area (Å²) >= 11 is 0. The van der Waals surface area contributed by atoms with E-state index in [4.69, 9.17) is 5.11 Å². The van der Waals surface area contributed by atoms with Gasteiger partial charge >= 0.3 is 64.7 Å². The number of likely N-dealkylation sites (N-methyl/N-ethyl adjacent to an activating group) is 1. The summed E-state index contributed by atoms with van der Waals surface area (Å²) in [6.07, 6.45) is -8.92. The Labute approximate surface area is 246 Å². The third kappa shape index (κ3) is 6.49. The molecule has 5 nitrogen and oxygen atoms in total. The molecular formula is C18H18F23N2O3S+. The maximum atomic E-state index is 14.1. The Kier molecular flexibility index (Phi) is 11.8. The zero-order valence-corrected chi connectivity index (χ0v) is 23.2. The lowest BCUT2D eigenvalue weighted by Gasteiger charge is -2.45. The van der Waals surface area contributed by atoms with Gasteiger partial charge in [0.15, 0.2) is 0 Å². The van der Waals surface area contributed by atoms with Gasteiger partial charge in [0.25, 0.3) is 10.0 Å². The molecule has 0 radical (unpaired) electrons. The molecule has 29 heteroatoms. The maximum Gasteiger partial charge on any atom is 0.460 e. The predicted molar refractivity (Wildman–Crippen MR) is 106 cm³/mol. The van der Waals surface area contributed by atoms with Gasteiger partial charge in [-0.2, -0.15) is 101 Å². The van der Waals surface area contributed by atoms with Crippen LogP contribution in [0.2, 0.25) is 0 Å². The summed E-state index contributed by atoms with van der Waals surface area (Å²) < 4.78 is 333. The van der Waals surface area contributed by atoms with E-state index in [1.54, 1.807) is 0 Å². The summed E-state index contributed by atoms with van der Waals surface area (Å²) in [5.74, 6) is -82.9. The summed E-state index contributed by atoms with van der Waals surface area (Å²) in [6, 6.07) is 0. The standard InChI is InChI=1S/C18H18F23N2O3S/c1-43(2,6-7-44)5-3-4-42-47(45,46)18(40,41)16(35,36)14(31,32)12(27,28)10(23,24)8(19,20)9(21,22)11(25,26)13(29,30)15(33,34)17(37,38)39/h42,44H,3-7H2,1-2H3/q+1. The Morgan fingerprint density at radius 3 is 1.04 bits per heavy atom. The molecule has 2 N–H and O–H groups in total. The van der Waals surface area contributed by atoms with Crippen molar-refractivity contribution in [3.05, 3.63) is 0 Å². The highest BCUT2D eigenvalue weighted by Crippen LogP contribution is 2.67. The Morgan fingerprint density at radius 2 is 0.766 bits per heavy atom. The van der Waals surface area contributed by atoms with Crippen LogP contribution in [0, 0.1) is 0 Å². The fraction of sp³-hybridized carbons (Fsp3) is 1.00. The van der Waals surface area contributed by atoms with Crippen LogP contribution in [0.25, 0.3) is 0 Å². The first-order valence-electron chi connectivity index (χ1n) is 11.3. The van der Waals surface area contributed by atoms with Crippen LogP contribution < -0.4 is 4.72 Å². The van der Waals surface area contributed by atoms with Gasteiger partial charge in [0.1, 0.15) is 6.54 Å². The summed E-state index contributed by atoms with van der Waals surface area (Å²) in [5.41, 5.74) is 0. The molecule has 0 aromatic heterocycles. The van der Waals surface area contributed by atoms with Crippen molar-refractivity contribution in [3.63, 3.8) is 0 Å². The first-order valence-corrected chi connectivity index (χ1v) is 12.8. The first kappa shape index (κ1) is 45.2. The van der Waals surface area contributed by atoms with E-state index in [2.05, 4.69) is 0 Å². The molecule has 0 heterocycles. The fourth-order valence-electron chi connectivity index (χ4n) is 3.10. The molecule has 0 spiro atoms. The van der Waals surface area contributed by atoms with Crippen molar-refractivity contribution >= 4 is 10.0 Å².